The fourth-order valence-electron chi connectivity index (χ4n) is 1.48. The molecule has 0 heterocycles. The van der Waals surface area contributed by atoms with E-state index in [1.54, 1.807) is 39.0 Å². The number of nitrogens with two attached hydrogens (primary N) is 1. The zero-order valence-corrected chi connectivity index (χ0v) is 12.0. The minimum Gasteiger partial charge on any atom is -0.409 e. The monoisotopic (exact) mass is 283 g/mol. The fraction of sp³-hybridized carbons (Fsp3) is 0.385. The van der Waals surface area contributed by atoms with Crippen molar-refractivity contribution in [2.75, 3.05) is 6.54 Å². The van der Waals surface area contributed by atoms with Crippen LogP contribution in [0.5, 0.6) is 0 Å². The molecular weight excluding hydrogens is 266 g/mol. The topological polar surface area (TPSA) is 87.7 Å². The van der Waals surface area contributed by atoms with Gasteiger partial charge in [0.1, 0.15) is 5.84 Å². The molecule has 0 fully saturated rings. The van der Waals surface area contributed by atoms with Crippen LogP contribution in [-0.4, -0.2) is 23.5 Å². The summed E-state index contributed by atoms with van der Waals surface area (Å²) in [6.07, 6.45) is 0. The Kier molecular flexibility index (Phi) is 4.78. The number of amidine groups is 1. The predicted octanol–water partition coefficient (Wildman–Crippen LogP) is 2.15. The summed E-state index contributed by atoms with van der Waals surface area (Å²) in [7, 11) is 0. The van der Waals surface area contributed by atoms with E-state index in [4.69, 9.17) is 22.5 Å². The summed E-state index contributed by atoms with van der Waals surface area (Å²) in [4.78, 5) is 12.1. The zero-order valence-electron chi connectivity index (χ0n) is 11.2. The second-order valence-electron chi connectivity index (χ2n) is 4.96. The predicted molar refractivity (Wildman–Crippen MR) is 75.7 cm³/mol. The highest BCUT2D eigenvalue weighted by Crippen LogP contribution is 2.19. The lowest BCUT2D eigenvalue weighted by Crippen LogP contribution is -2.42. The number of oxime groups is 1. The number of carbonyl (C=O) groups is 1. The van der Waals surface area contributed by atoms with Crippen LogP contribution >= 0.6 is 11.6 Å². The molecule has 0 radical (unpaired) electrons. The fourth-order valence-corrected chi connectivity index (χ4v) is 1.65. The highest BCUT2D eigenvalue weighted by Gasteiger charge is 2.24. The second-order valence-corrected chi connectivity index (χ2v) is 5.37. The van der Waals surface area contributed by atoms with E-state index in [-0.39, 0.29) is 18.3 Å². The first-order valence-corrected chi connectivity index (χ1v) is 6.18. The number of benzene rings is 1. The summed E-state index contributed by atoms with van der Waals surface area (Å²) >= 11 is 5.97. The number of rotatable bonds is 4. The Morgan fingerprint density at radius 2 is 2.16 bits per heavy atom. The van der Waals surface area contributed by atoms with Gasteiger partial charge in [0.05, 0.1) is 0 Å². The maximum Gasteiger partial charge on any atom is 0.251 e. The van der Waals surface area contributed by atoms with E-state index in [1.165, 1.54) is 0 Å². The Labute approximate surface area is 117 Å². The van der Waals surface area contributed by atoms with E-state index in [1.807, 2.05) is 0 Å². The normalized spacial score (nSPS) is 12.3. The Hall–Kier alpha value is -1.75. The number of nitrogens with one attached hydrogen (secondary N) is 1. The van der Waals surface area contributed by atoms with Crippen LogP contribution in [0.4, 0.5) is 0 Å². The van der Waals surface area contributed by atoms with Crippen LogP contribution in [0.3, 0.4) is 0 Å². The molecule has 0 saturated carbocycles. The van der Waals surface area contributed by atoms with Crippen LogP contribution in [0.25, 0.3) is 0 Å². The average Bonchev–Trinajstić information content (AvgIpc) is 2.38. The number of amides is 1. The first-order chi connectivity index (χ1) is 8.79. The third-order valence-corrected chi connectivity index (χ3v) is 3.41. The molecule has 0 unspecified atom stereocenters. The molecule has 19 heavy (non-hydrogen) atoms. The molecule has 6 heteroatoms. The van der Waals surface area contributed by atoms with Gasteiger partial charge in [-0.15, -0.1) is 0 Å². The van der Waals surface area contributed by atoms with Crippen LogP contribution in [-0.2, 0) is 0 Å². The minimum absolute atomic E-state index is 0.0654. The van der Waals surface area contributed by atoms with Gasteiger partial charge in [0.25, 0.3) is 5.91 Å². The summed E-state index contributed by atoms with van der Waals surface area (Å²) in [6.45, 7) is 5.58. The maximum atomic E-state index is 12.1. The van der Waals surface area contributed by atoms with Gasteiger partial charge in [-0.2, -0.15) is 0 Å². The van der Waals surface area contributed by atoms with E-state index in [0.717, 1.165) is 5.56 Å². The minimum atomic E-state index is -0.628. The Bertz CT molecular complexity index is 513. The lowest BCUT2D eigenvalue weighted by molar-refractivity contribution is 0.0943. The third-order valence-electron chi connectivity index (χ3n) is 3.00. The Morgan fingerprint density at radius 1 is 1.53 bits per heavy atom. The van der Waals surface area contributed by atoms with Gasteiger partial charge in [0, 0.05) is 22.5 Å². The van der Waals surface area contributed by atoms with Gasteiger partial charge in [0.2, 0.25) is 0 Å². The van der Waals surface area contributed by atoms with E-state index < -0.39 is 5.41 Å². The van der Waals surface area contributed by atoms with Crippen LogP contribution < -0.4 is 11.1 Å². The lowest BCUT2D eigenvalue weighted by atomic mass is 9.92. The molecule has 1 rings (SSSR count). The SMILES string of the molecule is Cc1c(Cl)cccc1C(=O)NCC(C)(C)/C(N)=N/O. The third kappa shape index (κ3) is 3.61. The van der Waals surface area contributed by atoms with Crippen molar-refractivity contribution in [2.45, 2.75) is 20.8 Å². The summed E-state index contributed by atoms with van der Waals surface area (Å²) in [6, 6.07) is 5.15. The van der Waals surface area contributed by atoms with E-state index in [0.29, 0.717) is 10.6 Å². The molecule has 1 aromatic carbocycles. The van der Waals surface area contributed by atoms with E-state index in [9.17, 15) is 4.79 Å². The van der Waals surface area contributed by atoms with Gasteiger partial charge in [-0.05, 0) is 24.6 Å². The summed E-state index contributed by atoms with van der Waals surface area (Å²) < 4.78 is 0. The van der Waals surface area contributed by atoms with Crippen molar-refractivity contribution in [3.63, 3.8) is 0 Å². The van der Waals surface area contributed by atoms with E-state index >= 15 is 0 Å². The van der Waals surface area contributed by atoms with Gasteiger partial charge >= 0.3 is 0 Å². The number of nitrogens with zero attached hydrogens (tertiary/aromatic N) is 1. The number of hydrogen-bond donors (Lipinski definition) is 3. The molecular formula is C13H18ClN3O2. The molecule has 104 valence electrons. The van der Waals surface area contributed by atoms with Crippen molar-refractivity contribution in [2.24, 2.45) is 16.3 Å². The first-order valence-electron chi connectivity index (χ1n) is 5.81. The molecule has 5 nitrogen and oxygen atoms in total. The molecule has 0 atom stereocenters. The smallest absolute Gasteiger partial charge is 0.251 e. The largest absolute Gasteiger partial charge is 0.409 e. The van der Waals surface area contributed by atoms with Crippen molar-refractivity contribution < 1.29 is 10.0 Å². The quantitative estimate of drug-likeness (QED) is 0.342. The molecule has 0 aliphatic rings. The molecule has 0 spiro atoms. The second kappa shape index (κ2) is 5.93. The molecule has 0 aliphatic heterocycles. The summed E-state index contributed by atoms with van der Waals surface area (Å²) in [5.41, 5.74) is 6.17. The zero-order chi connectivity index (χ0) is 14.6. The van der Waals surface area contributed by atoms with Gasteiger partial charge in [-0.3, -0.25) is 4.79 Å². The first kappa shape index (κ1) is 15.3. The lowest BCUT2D eigenvalue weighted by Gasteiger charge is -2.23. The van der Waals surface area contributed by atoms with Gasteiger partial charge in [0.15, 0.2) is 0 Å². The molecule has 0 saturated heterocycles. The Morgan fingerprint density at radius 3 is 2.74 bits per heavy atom. The van der Waals surface area contributed by atoms with Crippen molar-refractivity contribution in [1.29, 1.82) is 0 Å². The Balaban J connectivity index is 2.79. The maximum absolute atomic E-state index is 12.1. The number of carbonyl (C=O) groups excluding carboxylic acids is 1. The standard InChI is InChI=1S/C13H18ClN3O2/c1-8-9(5-4-6-10(8)14)11(18)16-7-13(2,3)12(15)17-19/h4-6,19H,7H2,1-3H3,(H2,15,17)(H,16,18). The van der Waals surface area contributed by atoms with Crippen molar-refractivity contribution in [3.05, 3.63) is 34.3 Å². The molecule has 1 amide bonds. The van der Waals surface area contributed by atoms with Gasteiger partial charge in [-0.25, -0.2) is 0 Å². The molecule has 0 aromatic heterocycles. The van der Waals surface area contributed by atoms with Crippen LogP contribution in [0, 0.1) is 12.3 Å². The molecule has 1 aromatic rings. The molecule has 4 N–H and O–H groups in total. The average molecular weight is 284 g/mol. The van der Waals surface area contributed by atoms with Gasteiger partial charge < -0.3 is 16.3 Å². The number of halogens is 1. The van der Waals surface area contributed by atoms with Crippen LogP contribution in [0.15, 0.2) is 23.4 Å². The molecule has 0 aliphatic carbocycles. The number of hydrogen-bond acceptors (Lipinski definition) is 3. The van der Waals surface area contributed by atoms with E-state index in [2.05, 4.69) is 10.5 Å². The van der Waals surface area contributed by atoms with Crippen molar-refractivity contribution in [3.8, 4) is 0 Å². The highest BCUT2D eigenvalue weighted by atomic mass is 35.5. The highest BCUT2D eigenvalue weighted by molar-refractivity contribution is 6.31. The summed E-state index contributed by atoms with van der Waals surface area (Å²) in [5, 5.41) is 14.9. The van der Waals surface area contributed by atoms with Gasteiger partial charge in [-0.1, -0.05) is 36.7 Å². The molecule has 0 bridgehead atoms. The van der Waals surface area contributed by atoms with Crippen LogP contribution in [0.2, 0.25) is 5.02 Å². The van der Waals surface area contributed by atoms with Crippen molar-refractivity contribution >= 4 is 23.3 Å². The van der Waals surface area contributed by atoms with Crippen LogP contribution in [0.1, 0.15) is 29.8 Å². The summed E-state index contributed by atoms with van der Waals surface area (Å²) in [5.74, 6) is -0.172. The van der Waals surface area contributed by atoms with Crippen molar-refractivity contribution in [1.82, 2.24) is 5.32 Å².